The third-order valence-electron chi connectivity index (χ3n) is 4.19. The van der Waals surface area contributed by atoms with Crippen molar-refractivity contribution in [2.75, 3.05) is 12.0 Å². The van der Waals surface area contributed by atoms with Gasteiger partial charge in [0, 0.05) is 12.6 Å². The number of rotatable bonds is 6. The summed E-state index contributed by atoms with van der Waals surface area (Å²) in [7, 11) is 1.51. The largest absolute Gasteiger partial charge is 0.497 e. The number of nitrogens with zero attached hydrogens (tertiary/aromatic N) is 1. The summed E-state index contributed by atoms with van der Waals surface area (Å²) >= 11 is 0. The van der Waals surface area contributed by atoms with Crippen molar-refractivity contribution in [3.63, 3.8) is 0 Å². The average molecular weight is 347 g/mol. The van der Waals surface area contributed by atoms with Gasteiger partial charge in [0.25, 0.3) is 11.8 Å². The fourth-order valence-electron chi connectivity index (χ4n) is 2.91. The molecule has 0 saturated carbocycles. The van der Waals surface area contributed by atoms with Crippen LogP contribution in [0, 0.1) is 0 Å². The van der Waals surface area contributed by atoms with Gasteiger partial charge in [0.2, 0.25) is 0 Å². The number of amides is 1. The highest BCUT2D eigenvalue weighted by molar-refractivity contribution is 6.05. The lowest BCUT2D eigenvalue weighted by Gasteiger charge is -2.48. The molecule has 0 radical (unpaired) electrons. The SMILES string of the molecule is COc1ccc(N2C(=O)C(OCc3ccccc3)C2C(C)(F)F)cc1. The van der Waals surface area contributed by atoms with Crippen molar-refractivity contribution in [2.45, 2.75) is 31.6 Å². The summed E-state index contributed by atoms with van der Waals surface area (Å²) in [5.74, 6) is -2.96. The van der Waals surface area contributed by atoms with Crippen molar-refractivity contribution >= 4 is 11.6 Å². The third-order valence-corrected chi connectivity index (χ3v) is 4.19. The second kappa shape index (κ2) is 6.80. The van der Waals surface area contributed by atoms with Gasteiger partial charge in [-0.15, -0.1) is 0 Å². The predicted molar refractivity (Wildman–Crippen MR) is 89.9 cm³/mol. The molecule has 2 aromatic carbocycles. The minimum absolute atomic E-state index is 0.111. The maximum atomic E-state index is 14.1. The lowest BCUT2D eigenvalue weighted by atomic mass is 9.91. The van der Waals surface area contributed by atoms with Crippen molar-refractivity contribution in [2.24, 2.45) is 0 Å². The highest BCUT2D eigenvalue weighted by Gasteiger charge is 2.59. The average Bonchev–Trinajstić information content (AvgIpc) is 2.60. The van der Waals surface area contributed by atoms with Crippen LogP contribution in [0.15, 0.2) is 54.6 Å². The first-order chi connectivity index (χ1) is 11.9. The zero-order valence-electron chi connectivity index (χ0n) is 14.0. The molecule has 2 aromatic rings. The molecule has 0 bridgehead atoms. The van der Waals surface area contributed by atoms with E-state index in [9.17, 15) is 13.6 Å². The molecule has 25 heavy (non-hydrogen) atoms. The van der Waals surface area contributed by atoms with Gasteiger partial charge in [-0.3, -0.25) is 9.69 Å². The first-order valence-electron chi connectivity index (χ1n) is 7.92. The van der Waals surface area contributed by atoms with Crippen LogP contribution < -0.4 is 9.64 Å². The Bertz CT molecular complexity index is 729. The number of methoxy groups -OCH3 is 1. The summed E-state index contributed by atoms with van der Waals surface area (Å²) < 4.78 is 38.8. The number of benzene rings is 2. The molecule has 4 nitrogen and oxygen atoms in total. The first kappa shape index (κ1) is 17.4. The predicted octanol–water partition coefficient (Wildman–Crippen LogP) is 3.65. The van der Waals surface area contributed by atoms with Crippen LogP contribution in [0.25, 0.3) is 0 Å². The molecule has 0 aromatic heterocycles. The minimum Gasteiger partial charge on any atom is -0.497 e. The second-order valence-electron chi connectivity index (χ2n) is 6.02. The molecule has 6 heteroatoms. The number of ether oxygens (including phenoxy) is 2. The van der Waals surface area contributed by atoms with E-state index in [2.05, 4.69) is 0 Å². The number of alkyl halides is 2. The topological polar surface area (TPSA) is 38.8 Å². The van der Waals surface area contributed by atoms with E-state index in [1.165, 1.54) is 7.11 Å². The Morgan fingerprint density at radius 2 is 1.72 bits per heavy atom. The van der Waals surface area contributed by atoms with E-state index in [0.717, 1.165) is 17.4 Å². The van der Waals surface area contributed by atoms with Gasteiger partial charge in [0.15, 0.2) is 6.10 Å². The van der Waals surface area contributed by atoms with Crippen LogP contribution in [-0.2, 0) is 16.1 Å². The number of hydrogen-bond donors (Lipinski definition) is 0. The molecule has 0 aliphatic carbocycles. The Kier molecular flexibility index (Phi) is 4.72. The highest BCUT2D eigenvalue weighted by Crippen LogP contribution is 2.39. The van der Waals surface area contributed by atoms with Crippen LogP contribution >= 0.6 is 0 Å². The highest BCUT2D eigenvalue weighted by atomic mass is 19.3. The van der Waals surface area contributed by atoms with Crippen LogP contribution in [0.2, 0.25) is 0 Å². The van der Waals surface area contributed by atoms with Crippen molar-refractivity contribution in [3.8, 4) is 5.75 Å². The van der Waals surface area contributed by atoms with Gasteiger partial charge in [-0.1, -0.05) is 30.3 Å². The van der Waals surface area contributed by atoms with Gasteiger partial charge in [0.1, 0.15) is 11.8 Å². The van der Waals surface area contributed by atoms with Crippen LogP contribution in [0.5, 0.6) is 5.75 Å². The van der Waals surface area contributed by atoms with Crippen molar-refractivity contribution in [3.05, 3.63) is 60.2 Å². The third kappa shape index (κ3) is 3.49. The fourth-order valence-corrected chi connectivity index (χ4v) is 2.91. The summed E-state index contributed by atoms with van der Waals surface area (Å²) in [5, 5.41) is 0. The van der Waals surface area contributed by atoms with Gasteiger partial charge < -0.3 is 9.47 Å². The maximum Gasteiger partial charge on any atom is 0.268 e. The molecule has 1 aliphatic heterocycles. The Hall–Kier alpha value is -2.47. The second-order valence-corrected chi connectivity index (χ2v) is 6.02. The van der Waals surface area contributed by atoms with E-state index >= 15 is 0 Å². The number of anilines is 1. The molecule has 0 N–H and O–H groups in total. The van der Waals surface area contributed by atoms with E-state index in [1.807, 2.05) is 30.3 Å². The zero-order valence-corrected chi connectivity index (χ0v) is 14.0. The lowest BCUT2D eigenvalue weighted by molar-refractivity contribution is -0.160. The normalized spacial score (nSPS) is 20.3. The zero-order chi connectivity index (χ0) is 18.0. The number of β-lactam (4-membered cyclic amide) rings is 1. The molecule has 2 atom stereocenters. The summed E-state index contributed by atoms with van der Waals surface area (Å²) in [6.45, 7) is 0.916. The van der Waals surface area contributed by atoms with E-state index < -0.39 is 24.0 Å². The summed E-state index contributed by atoms with van der Waals surface area (Å²) in [5.41, 5.74) is 1.23. The smallest absolute Gasteiger partial charge is 0.268 e. The van der Waals surface area contributed by atoms with Gasteiger partial charge in [0.05, 0.1) is 13.7 Å². The quantitative estimate of drug-likeness (QED) is 0.749. The first-order valence-corrected chi connectivity index (χ1v) is 7.92. The molecule has 2 unspecified atom stereocenters. The van der Waals surface area contributed by atoms with E-state index in [1.54, 1.807) is 24.3 Å². The summed E-state index contributed by atoms with van der Waals surface area (Å²) in [4.78, 5) is 13.5. The Morgan fingerprint density at radius 3 is 2.28 bits per heavy atom. The molecule has 132 valence electrons. The molecule has 1 amide bonds. The Morgan fingerprint density at radius 1 is 1.08 bits per heavy atom. The summed E-state index contributed by atoms with van der Waals surface area (Å²) in [6.07, 6.45) is -1.16. The molecule has 1 aliphatic rings. The van der Waals surface area contributed by atoms with Crippen LogP contribution in [-0.4, -0.2) is 31.1 Å². The molecule has 1 saturated heterocycles. The van der Waals surface area contributed by atoms with Crippen LogP contribution in [0.1, 0.15) is 12.5 Å². The summed E-state index contributed by atoms with van der Waals surface area (Å²) in [6, 6.07) is 14.3. The van der Waals surface area contributed by atoms with Gasteiger partial charge in [-0.2, -0.15) is 0 Å². The molecule has 1 heterocycles. The minimum atomic E-state index is -3.09. The van der Waals surface area contributed by atoms with Crippen molar-refractivity contribution < 1.29 is 23.0 Å². The van der Waals surface area contributed by atoms with Gasteiger partial charge in [-0.05, 0) is 29.8 Å². The fraction of sp³-hybridized carbons (Fsp3) is 0.316. The molecule has 0 spiro atoms. The van der Waals surface area contributed by atoms with E-state index in [4.69, 9.17) is 9.47 Å². The van der Waals surface area contributed by atoms with Crippen LogP contribution in [0.4, 0.5) is 14.5 Å². The number of hydrogen-bond acceptors (Lipinski definition) is 3. The van der Waals surface area contributed by atoms with Crippen LogP contribution in [0.3, 0.4) is 0 Å². The number of halogens is 2. The lowest BCUT2D eigenvalue weighted by Crippen LogP contribution is -2.71. The van der Waals surface area contributed by atoms with E-state index in [0.29, 0.717) is 11.4 Å². The van der Waals surface area contributed by atoms with Crippen molar-refractivity contribution in [1.82, 2.24) is 0 Å². The molecular formula is C19H19F2NO3. The Labute approximate surface area is 145 Å². The van der Waals surface area contributed by atoms with Gasteiger partial charge in [-0.25, -0.2) is 8.78 Å². The van der Waals surface area contributed by atoms with E-state index in [-0.39, 0.29) is 6.61 Å². The number of carbonyl (C=O) groups is 1. The number of carbonyl (C=O) groups excluding carboxylic acids is 1. The maximum absolute atomic E-state index is 14.1. The van der Waals surface area contributed by atoms with Crippen molar-refractivity contribution in [1.29, 1.82) is 0 Å². The molecule has 3 rings (SSSR count). The molecule has 1 fully saturated rings. The Balaban J connectivity index is 1.77. The monoisotopic (exact) mass is 347 g/mol. The van der Waals surface area contributed by atoms with Gasteiger partial charge >= 0.3 is 0 Å². The standard InChI is InChI=1S/C19H19F2NO3/c1-19(20,21)17-16(25-12-13-6-4-3-5-7-13)18(23)22(17)14-8-10-15(24-2)11-9-14/h3-11,16-17H,12H2,1-2H3. The molecular weight excluding hydrogens is 328 g/mol.